The predicted molar refractivity (Wildman–Crippen MR) is 77.3 cm³/mol. The third-order valence-corrected chi connectivity index (χ3v) is 4.62. The summed E-state index contributed by atoms with van der Waals surface area (Å²) in [6.45, 7) is 6.48. The Morgan fingerprint density at radius 1 is 1.53 bits per heavy atom. The third kappa shape index (κ3) is 2.74. The van der Waals surface area contributed by atoms with Crippen molar-refractivity contribution in [3.8, 4) is 0 Å². The van der Waals surface area contributed by atoms with E-state index >= 15 is 0 Å². The second-order valence-corrected chi connectivity index (χ2v) is 6.55. The molecule has 1 aliphatic heterocycles. The van der Waals surface area contributed by atoms with Crippen molar-refractivity contribution in [3.05, 3.63) is 39.9 Å². The third-order valence-electron chi connectivity index (χ3n) is 3.76. The molecule has 0 spiro atoms. The minimum absolute atomic E-state index is 0.411. The van der Waals surface area contributed by atoms with Gasteiger partial charge < -0.3 is 4.52 Å². The number of likely N-dealkylation sites (tertiary alicyclic amines) is 1. The van der Waals surface area contributed by atoms with E-state index in [1.807, 2.05) is 11.3 Å². The van der Waals surface area contributed by atoms with Gasteiger partial charge in [0.15, 0.2) is 0 Å². The van der Waals surface area contributed by atoms with Crippen LogP contribution in [0.5, 0.6) is 0 Å². The van der Waals surface area contributed by atoms with Gasteiger partial charge >= 0.3 is 0 Å². The summed E-state index contributed by atoms with van der Waals surface area (Å²) in [5.41, 5.74) is 1.11. The van der Waals surface area contributed by atoms with Gasteiger partial charge in [0.2, 0.25) is 0 Å². The van der Waals surface area contributed by atoms with Gasteiger partial charge in [0.05, 0.1) is 6.04 Å². The molecule has 1 fully saturated rings. The molecule has 1 saturated heterocycles. The fourth-order valence-corrected chi connectivity index (χ4v) is 3.42. The summed E-state index contributed by atoms with van der Waals surface area (Å²) in [6, 6.07) is 6.90. The van der Waals surface area contributed by atoms with E-state index in [-0.39, 0.29) is 0 Å². The Labute approximate surface area is 118 Å². The SMILES string of the molecule is CC(C)c1cc([C@@H]2CCCN2Cc2cccs2)no1. The van der Waals surface area contributed by atoms with E-state index in [9.17, 15) is 0 Å². The zero-order valence-electron chi connectivity index (χ0n) is 11.5. The summed E-state index contributed by atoms with van der Waals surface area (Å²) in [6.07, 6.45) is 2.44. The van der Waals surface area contributed by atoms with Gasteiger partial charge in [0.1, 0.15) is 11.5 Å². The fourth-order valence-electron chi connectivity index (χ4n) is 2.69. The molecule has 3 rings (SSSR count). The van der Waals surface area contributed by atoms with Gasteiger partial charge in [-0.2, -0.15) is 0 Å². The quantitative estimate of drug-likeness (QED) is 0.838. The molecule has 3 heterocycles. The number of aromatic nitrogens is 1. The summed E-state index contributed by atoms with van der Waals surface area (Å²) in [7, 11) is 0. The molecule has 4 heteroatoms. The standard InChI is InChI=1S/C15H20N2OS/c1-11(2)15-9-13(16-18-15)14-6-3-7-17(14)10-12-5-4-8-19-12/h4-5,8-9,11,14H,3,6-7,10H2,1-2H3/t14-/m0/s1. The Morgan fingerprint density at radius 2 is 2.42 bits per heavy atom. The lowest BCUT2D eigenvalue weighted by atomic mass is 10.1. The first-order valence-corrected chi connectivity index (χ1v) is 7.85. The van der Waals surface area contributed by atoms with Crippen molar-refractivity contribution in [2.24, 2.45) is 0 Å². The van der Waals surface area contributed by atoms with E-state index in [1.54, 1.807) is 0 Å². The molecule has 102 valence electrons. The van der Waals surface area contributed by atoms with Crippen LogP contribution in [0.25, 0.3) is 0 Å². The Bertz CT molecular complexity index is 518. The Kier molecular flexibility index (Phi) is 3.71. The maximum Gasteiger partial charge on any atom is 0.139 e. The van der Waals surface area contributed by atoms with Gasteiger partial charge in [-0.1, -0.05) is 25.1 Å². The number of thiophene rings is 1. The molecule has 0 bridgehead atoms. The highest BCUT2D eigenvalue weighted by Crippen LogP contribution is 2.34. The summed E-state index contributed by atoms with van der Waals surface area (Å²) in [5, 5.41) is 6.43. The molecule has 0 saturated carbocycles. The molecular weight excluding hydrogens is 256 g/mol. The van der Waals surface area contributed by atoms with Crippen molar-refractivity contribution in [1.82, 2.24) is 10.1 Å². The average molecular weight is 276 g/mol. The van der Waals surface area contributed by atoms with Crippen LogP contribution in [0, 0.1) is 0 Å². The molecule has 1 aliphatic rings. The number of nitrogens with zero attached hydrogens (tertiary/aromatic N) is 2. The van der Waals surface area contributed by atoms with Crippen LogP contribution in [-0.4, -0.2) is 16.6 Å². The molecule has 2 aromatic heterocycles. The summed E-state index contributed by atoms with van der Waals surface area (Å²) in [4.78, 5) is 3.95. The lowest BCUT2D eigenvalue weighted by molar-refractivity contribution is 0.238. The van der Waals surface area contributed by atoms with Crippen molar-refractivity contribution in [1.29, 1.82) is 0 Å². The number of hydrogen-bond acceptors (Lipinski definition) is 4. The molecule has 0 aromatic carbocycles. The maximum atomic E-state index is 5.45. The zero-order chi connectivity index (χ0) is 13.2. The molecule has 0 N–H and O–H groups in total. The van der Waals surface area contributed by atoms with Crippen LogP contribution in [0.15, 0.2) is 28.1 Å². The molecular formula is C15H20N2OS. The van der Waals surface area contributed by atoms with Crippen molar-refractivity contribution >= 4 is 11.3 Å². The van der Waals surface area contributed by atoms with Gasteiger partial charge in [-0.25, -0.2) is 0 Å². The Balaban J connectivity index is 1.74. The van der Waals surface area contributed by atoms with Crippen LogP contribution in [0.1, 0.15) is 55.0 Å². The van der Waals surface area contributed by atoms with E-state index < -0.39 is 0 Å². The van der Waals surface area contributed by atoms with Crippen LogP contribution in [0.3, 0.4) is 0 Å². The zero-order valence-corrected chi connectivity index (χ0v) is 12.3. The number of hydrogen-bond donors (Lipinski definition) is 0. The van der Waals surface area contributed by atoms with Crippen LogP contribution in [0.4, 0.5) is 0 Å². The van der Waals surface area contributed by atoms with Gasteiger partial charge in [-0.05, 0) is 30.8 Å². The monoisotopic (exact) mass is 276 g/mol. The first kappa shape index (κ1) is 12.9. The van der Waals surface area contributed by atoms with Gasteiger partial charge in [0.25, 0.3) is 0 Å². The fraction of sp³-hybridized carbons (Fsp3) is 0.533. The lowest BCUT2D eigenvalue weighted by Gasteiger charge is -2.21. The van der Waals surface area contributed by atoms with Gasteiger partial charge in [-0.15, -0.1) is 11.3 Å². The lowest BCUT2D eigenvalue weighted by Crippen LogP contribution is -2.22. The number of rotatable bonds is 4. The van der Waals surface area contributed by atoms with Crippen LogP contribution >= 0.6 is 11.3 Å². The van der Waals surface area contributed by atoms with E-state index in [0.29, 0.717) is 12.0 Å². The van der Waals surface area contributed by atoms with Crippen molar-refractivity contribution < 1.29 is 4.52 Å². The second kappa shape index (κ2) is 5.47. The topological polar surface area (TPSA) is 29.3 Å². The molecule has 0 aliphatic carbocycles. The van der Waals surface area contributed by atoms with E-state index in [1.165, 1.54) is 17.7 Å². The van der Waals surface area contributed by atoms with E-state index in [4.69, 9.17) is 4.52 Å². The smallest absolute Gasteiger partial charge is 0.139 e. The Morgan fingerprint density at radius 3 is 3.11 bits per heavy atom. The maximum absolute atomic E-state index is 5.45. The molecule has 2 aromatic rings. The summed E-state index contributed by atoms with van der Waals surface area (Å²) in [5.74, 6) is 1.41. The minimum atomic E-state index is 0.411. The highest BCUT2D eigenvalue weighted by Gasteiger charge is 2.29. The Hall–Kier alpha value is -1.13. The molecule has 0 amide bonds. The van der Waals surface area contributed by atoms with Crippen LogP contribution < -0.4 is 0 Å². The largest absolute Gasteiger partial charge is 0.361 e. The van der Waals surface area contributed by atoms with E-state index in [0.717, 1.165) is 24.5 Å². The van der Waals surface area contributed by atoms with Crippen molar-refractivity contribution in [2.75, 3.05) is 6.54 Å². The summed E-state index contributed by atoms with van der Waals surface area (Å²) >= 11 is 1.83. The van der Waals surface area contributed by atoms with Crippen LogP contribution in [-0.2, 0) is 6.54 Å². The first-order valence-electron chi connectivity index (χ1n) is 6.97. The van der Waals surface area contributed by atoms with Crippen LogP contribution in [0.2, 0.25) is 0 Å². The average Bonchev–Trinajstić information content (AvgIpc) is 3.09. The highest BCUT2D eigenvalue weighted by atomic mass is 32.1. The molecule has 1 atom stereocenters. The van der Waals surface area contributed by atoms with E-state index in [2.05, 4.69) is 47.5 Å². The first-order chi connectivity index (χ1) is 9.24. The highest BCUT2D eigenvalue weighted by molar-refractivity contribution is 7.09. The second-order valence-electron chi connectivity index (χ2n) is 5.52. The predicted octanol–water partition coefficient (Wildman–Crippen LogP) is 4.20. The molecule has 3 nitrogen and oxygen atoms in total. The van der Waals surface area contributed by atoms with Crippen molar-refractivity contribution in [3.63, 3.8) is 0 Å². The molecule has 19 heavy (non-hydrogen) atoms. The van der Waals surface area contributed by atoms with Crippen molar-refractivity contribution in [2.45, 2.75) is 45.2 Å². The normalized spacial score (nSPS) is 20.5. The molecule has 0 radical (unpaired) electrons. The summed E-state index contributed by atoms with van der Waals surface area (Å²) < 4.78 is 5.45. The van der Waals surface area contributed by atoms with Gasteiger partial charge in [0, 0.05) is 23.4 Å². The minimum Gasteiger partial charge on any atom is -0.361 e. The molecule has 0 unspecified atom stereocenters. The van der Waals surface area contributed by atoms with Gasteiger partial charge in [-0.3, -0.25) is 4.90 Å².